The molecule has 0 radical (unpaired) electrons. The minimum Gasteiger partial charge on any atom is -0.451 e. The lowest BCUT2D eigenvalue weighted by molar-refractivity contribution is -0.157. The van der Waals surface area contributed by atoms with Gasteiger partial charge in [0.15, 0.2) is 6.10 Å². The molecule has 0 saturated carbocycles. The Morgan fingerprint density at radius 3 is 2.36 bits per heavy atom. The first-order valence-corrected chi connectivity index (χ1v) is 6.98. The summed E-state index contributed by atoms with van der Waals surface area (Å²) in [5.41, 5.74) is 2.57. The molecule has 1 aromatic rings. The Morgan fingerprint density at radius 1 is 1.18 bits per heavy atom. The first-order chi connectivity index (χ1) is 10.2. The summed E-state index contributed by atoms with van der Waals surface area (Å²) in [6.07, 6.45) is -0.874. The molecule has 0 aromatic heterocycles. The number of ether oxygens (including phenoxy) is 1. The van der Waals surface area contributed by atoms with Crippen LogP contribution in [0.5, 0.6) is 0 Å². The standard InChI is InChI=1S/C16H22N2O4/c1-10-6-7-13(8-11(10)2)15(20)17-9-14(19)22-12(3)16(21)18(4)5/h6-8,12H,9H2,1-5H3,(H,17,20)/t12-/m1/s1. The Kier molecular flexibility index (Phi) is 6.10. The Hall–Kier alpha value is -2.37. The molecule has 1 atom stereocenters. The van der Waals surface area contributed by atoms with Crippen molar-refractivity contribution in [1.82, 2.24) is 10.2 Å². The molecule has 6 heteroatoms. The number of nitrogens with zero attached hydrogens (tertiary/aromatic N) is 1. The summed E-state index contributed by atoms with van der Waals surface area (Å²) >= 11 is 0. The fraction of sp³-hybridized carbons (Fsp3) is 0.438. The molecule has 2 amide bonds. The summed E-state index contributed by atoms with van der Waals surface area (Å²) < 4.78 is 4.96. The predicted octanol–water partition coefficient (Wildman–Crippen LogP) is 1.05. The molecule has 6 nitrogen and oxygen atoms in total. The van der Waals surface area contributed by atoms with Crippen LogP contribution in [0.3, 0.4) is 0 Å². The van der Waals surface area contributed by atoms with Crippen LogP contribution >= 0.6 is 0 Å². The zero-order valence-electron chi connectivity index (χ0n) is 13.6. The van der Waals surface area contributed by atoms with Gasteiger partial charge in [0.05, 0.1) is 0 Å². The van der Waals surface area contributed by atoms with Gasteiger partial charge in [-0.1, -0.05) is 6.07 Å². The first-order valence-electron chi connectivity index (χ1n) is 6.98. The quantitative estimate of drug-likeness (QED) is 0.825. The van der Waals surface area contributed by atoms with Gasteiger partial charge in [0.2, 0.25) is 0 Å². The Balaban J connectivity index is 2.51. The van der Waals surface area contributed by atoms with Gasteiger partial charge >= 0.3 is 5.97 Å². The van der Waals surface area contributed by atoms with Gasteiger partial charge in [-0.15, -0.1) is 0 Å². The van der Waals surface area contributed by atoms with E-state index in [9.17, 15) is 14.4 Å². The van der Waals surface area contributed by atoms with Crippen LogP contribution in [0, 0.1) is 13.8 Å². The van der Waals surface area contributed by atoms with Crippen molar-refractivity contribution in [2.45, 2.75) is 26.9 Å². The molecular weight excluding hydrogens is 284 g/mol. The average molecular weight is 306 g/mol. The molecule has 0 heterocycles. The molecule has 120 valence electrons. The van der Waals surface area contributed by atoms with Crippen molar-refractivity contribution < 1.29 is 19.1 Å². The fourth-order valence-electron chi connectivity index (χ4n) is 1.79. The van der Waals surface area contributed by atoms with E-state index in [2.05, 4.69) is 5.32 Å². The second-order valence-electron chi connectivity index (χ2n) is 5.35. The van der Waals surface area contributed by atoms with Crippen LogP contribution in [-0.4, -0.2) is 49.4 Å². The summed E-state index contributed by atoms with van der Waals surface area (Å²) in [5.74, 6) is -1.32. The monoisotopic (exact) mass is 306 g/mol. The number of likely N-dealkylation sites (N-methyl/N-ethyl adjacent to an activating group) is 1. The highest BCUT2D eigenvalue weighted by Gasteiger charge is 2.19. The molecule has 0 aliphatic heterocycles. The second kappa shape index (κ2) is 7.59. The third-order valence-electron chi connectivity index (χ3n) is 3.26. The number of carbonyl (C=O) groups excluding carboxylic acids is 3. The smallest absolute Gasteiger partial charge is 0.326 e. The van der Waals surface area contributed by atoms with Crippen molar-refractivity contribution in [2.75, 3.05) is 20.6 Å². The fourth-order valence-corrected chi connectivity index (χ4v) is 1.79. The molecule has 0 bridgehead atoms. The predicted molar refractivity (Wildman–Crippen MR) is 82.5 cm³/mol. The number of rotatable bonds is 5. The maximum atomic E-state index is 11.9. The van der Waals surface area contributed by atoms with Crippen LogP contribution in [0.25, 0.3) is 0 Å². The highest BCUT2D eigenvalue weighted by atomic mass is 16.5. The normalized spacial score (nSPS) is 11.5. The number of esters is 1. The average Bonchev–Trinajstić information content (AvgIpc) is 2.46. The van der Waals surface area contributed by atoms with Crippen molar-refractivity contribution in [3.8, 4) is 0 Å². The SMILES string of the molecule is Cc1ccc(C(=O)NCC(=O)O[C@H](C)C(=O)N(C)C)cc1C. The molecule has 0 aliphatic carbocycles. The minimum absolute atomic E-state index is 0.281. The van der Waals surface area contributed by atoms with Crippen molar-refractivity contribution in [3.63, 3.8) is 0 Å². The van der Waals surface area contributed by atoms with Crippen molar-refractivity contribution in [1.29, 1.82) is 0 Å². The van der Waals surface area contributed by atoms with Crippen LogP contribution in [0.1, 0.15) is 28.4 Å². The van der Waals surface area contributed by atoms with Crippen LogP contribution in [0.2, 0.25) is 0 Å². The van der Waals surface area contributed by atoms with Crippen LogP contribution in [0.15, 0.2) is 18.2 Å². The third kappa shape index (κ3) is 4.87. The molecule has 0 fully saturated rings. The van der Waals surface area contributed by atoms with E-state index in [1.54, 1.807) is 26.2 Å². The Bertz CT molecular complexity index is 582. The molecule has 0 unspecified atom stereocenters. The van der Waals surface area contributed by atoms with E-state index in [0.29, 0.717) is 5.56 Å². The molecular formula is C16H22N2O4. The number of hydrogen-bond acceptors (Lipinski definition) is 4. The summed E-state index contributed by atoms with van der Waals surface area (Å²) in [6.45, 7) is 5.08. The summed E-state index contributed by atoms with van der Waals surface area (Å²) in [7, 11) is 3.16. The molecule has 0 spiro atoms. The number of aryl methyl sites for hydroxylation is 2. The second-order valence-corrected chi connectivity index (χ2v) is 5.35. The lowest BCUT2D eigenvalue weighted by Gasteiger charge is -2.17. The highest BCUT2D eigenvalue weighted by molar-refractivity contribution is 5.96. The highest BCUT2D eigenvalue weighted by Crippen LogP contribution is 2.09. The zero-order chi connectivity index (χ0) is 16.9. The molecule has 0 aliphatic rings. The number of nitrogens with one attached hydrogen (secondary N) is 1. The summed E-state index contributed by atoms with van der Waals surface area (Å²) in [4.78, 5) is 36.5. The first kappa shape index (κ1) is 17.7. The topological polar surface area (TPSA) is 75.7 Å². The van der Waals surface area contributed by atoms with Gasteiger partial charge in [-0.25, -0.2) is 0 Å². The largest absolute Gasteiger partial charge is 0.451 e. The maximum absolute atomic E-state index is 11.9. The lowest BCUT2D eigenvalue weighted by atomic mass is 10.1. The molecule has 1 rings (SSSR count). The van der Waals surface area contributed by atoms with Gasteiger partial charge in [-0.3, -0.25) is 14.4 Å². The van der Waals surface area contributed by atoms with E-state index in [-0.39, 0.29) is 18.4 Å². The van der Waals surface area contributed by atoms with Crippen molar-refractivity contribution >= 4 is 17.8 Å². The Labute approximate surface area is 130 Å². The maximum Gasteiger partial charge on any atom is 0.326 e. The van der Waals surface area contributed by atoms with Gasteiger partial charge in [0, 0.05) is 19.7 Å². The number of benzene rings is 1. The molecule has 1 aromatic carbocycles. The van der Waals surface area contributed by atoms with Gasteiger partial charge < -0.3 is 15.0 Å². The van der Waals surface area contributed by atoms with E-state index in [0.717, 1.165) is 11.1 Å². The zero-order valence-corrected chi connectivity index (χ0v) is 13.6. The van der Waals surface area contributed by atoms with Crippen molar-refractivity contribution in [3.05, 3.63) is 34.9 Å². The van der Waals surface area contributed by atoms with Gasteiger partial charge in [-0.05, 0) is 44.0 Å². The number of amides is 2. The molecule has 22 heavy (non-hydrogen) atoms. The van der Waals surface area contributed by atoms with Crippen LogP contribution in [-0.2, 0) is 14.3 Å². The van der Waals surface area contributed by atoms with E-state index in [1.165, 1.54) is 11.8 Å². The molecule has 0 saturated heterocycles. The van der Waals surface area contributed by atoms with Crippen LogP contribution < -0.4 is 5.32 Å². The van der Waals surface area contributed by atoms with Crippen molar-refractivity contribution in [2.24, 2.45) is 0 Å². The number of hydrogen-bond donors (Lipinski definition) is 1. The van der Waals surface area contributed by atoms with Gasteiger partial charge in [0.1, 0.15) is 6.54 Å². The van der Waals surface area contributed by atoms with Crippen LogP contribution in [0.4, 0.5) is 0 Å². The minimum atomic E-state index is -0.874. The van der Waals surface area contributed by atoms with E-state index < -0.39 is 12.1 Å². The number of carbonyl (C=O) groups is 3. The van der Waals surface area contributed by atoms with E-state index in [4.69, 9.17) is 4.74 Å². The lowest BCUT2D eigenvalue weighted by Crippen LogP contribution is -2.38. The summed E-state index contributed by atoms with van der Waals surface area (Å²) in [6, 6.07) is 5.30. The molecule has 1 N–H and O–H groups in total. The van der Waals surface area contributed by atoms with E-state index in [1.807, 2.05) is 19.9 Å². The Morgan fingerprint density at radius 2 is 1.82 bits per heavy atom. The summed E-state index contributed by atoms with van der Waals surface area (Å²) in [5, 5.41) is 2.48. The van der Waals surface area contributed by atoms with Gasteiger partial charge in [0.25, 0.3) is 11.8 Å². The third-order valence-corrected chi connectivity index (χ3v) is 3.26. The van der Waals surface area contributed by atoms with Gasteiger partial charge in [-0.2, -0.15) is 0 Å². The van der Waals surface area contributed by atoms with E-state index >= 15 is 0 Å².